The maximum Gasteiger partial charge on any atom is 0.326 e. The molecule has 0 aliphatic carbocycles. The van der Waals surface area contributed by atoms with Crippen molar-refractivity contribution in [1.82, 2.24) is 0 Å². The fraction of sp³-hybridized carbons (Fsp3) is 0.250. The highest BCUT2D eigenvalue weighted by Crippen LogP contribution is 2.31. The van der Waals surface area contributed by atoms with Crippen molar-refractivity contribution in [2.45, 2.75) is 19.4 Å². The predicted molar refractivity (Wildman–Crippen MR) is 106 cm³/mol. The molecule has 0 spiro atoms. The van der Waals surface area contributed by atoms with E-state index in [1.807, 2.05) is 0 Å². The summed E-state index contributed by atoms with van der Waals surface area (Å²) in [5.41, 5.74) is 0.147. The minimum absolute atomic E-state index is 0.0100. The van der Waals surface area contributed by atoms with Gasteiger partial charge in [0.25, 0.3) is 11.6 Å². The lowest BCUT2D eigenvalue weighted by Crippen LogP contribution is -2.39. The van der Waals surface area contributed by atoms with Gasteiger partial charge in [-0.15, -0.1) is 0 Å². The highest BCUT2D eigenvalue weighted by molar-refractivity contribution is 6.00. The molecular weight excluding hydrogens is 394 g/mol. The van der Waals surface area contributed by atoms with Crippen LogP contribution in [0.3, 0.4) is 0 Å². The zero-order valence-corrected chi connectivity index (χ0v) is 16.1. The molecule has 0 saturated heterocycles. The number of anilines is 2. The van der Waals surface area contributed by atoms with E-state index in [4.69, 9.17) is 9.47 Å². The molecule has 1 heterocycles. The summed E-state index contributed by atoms with van der Waals surface area (Å²) in [5, 5.41) is 13.4. The summed E-state index contributed by atoms with van der Waals surface area (Å²) in [6, 6.07) is 12.4. The fourth-order valence-corrected chi connectivity index (χ4v) is 2.88. The lowest BCUT2D eigenvalue weighted by molar-refractivity contribution is -0.383. The minimum Gasteiger partial charge on any atom is -0.491 e. The topological polar surface area (TPSA) is 128 Å². The number of nitrogens with one attached hydrogen (secondary N) is 1. The molecule has 156 valence electrons. The van der Waals surface area contributed by atoms with Crippen molar-refractivity contribution in [3.63, 3.8) is 0 Å². The van der Waals surface area contributed by atoms with Crippen LogP contribution in [0.25, 0.3) is 0 Å². The average molecular weight is 413 g/mol. The molecule has 30 heavy (non-hydrogen) atoms. The van der Waals surface area contributed by atoms with Crippen molar-refractivity contribution in [2.75, 3.05) is 23.4 Å². The van der Waals surface area contributed by atoms with Gasteiger partial charge in [0, 0.05) is 6.07 Å². The van der Waals surface area contributed by atoms with Crippen molar-refractivity contribution in [1.29, 1.82) is 0 Å². The number of rotatable bonds is 6. The second-order valence-electron chi connectivity index (χ2n) is 6.44. The first kappa shape index (κ1) is 20.8. The first-order valence-electron chi connectivity index (χ1n) is 9.13. The van der Waals surface area contributed by atoms with E-state index < -0.39 is 29.4 Å². The van der Waals surface area contributed by atoms with Crippen LogP contribution in [-0.4, -0.2) is 42.0 Å². The average Bonchev–Trinajstić information content (AvgIpc) is 2.87. The molecule has 2 amide bonds. The third-order valence-corrected chi connectivity index (χ3v) is 4.35. The van der Waals surface area contributed by atoms with Crippen molar-refractivity contribution < 1.29 is 28.8 Å². The Morgan fingerprint density at radius 2 is 1.93 bits per heavy atom. The second kappa shape index (κ2) is 9.03. The zero-order valence-electron chi connectivity index (χ0n) is 16.1. The first-order valence-corrected chi connectivity index (χ1v) is 9.13. The Labute approximate surface area is 171 Å². The molecule has 10 nitrogen and oxygen atoms in total. The molecule has 0 radical (unpaired) electrons. The summed E-state index contributed by atoms with van der Waals surface area (Å²) in [4.78, 5) is 48.7. The summed E-state index contributed by atoms with van der Waals surface area (Å²) < 4.78 is 10.6. The molecule has 0 fully saturated rings. The number of nitro benzene ring substituents is 1. The van der Waals surface area contributed by atoms with Crippen molar-refractivity contribution >= 4 is 34.8 Å². The molecule has 0 bridgehead atoms. The number of benzene rings is 2. The number of ether oxygens (including phenoxy) is 2. The standard InChI is InChI=1S/C20H19N3O7/c1-13(20(26)21-14-6-2-3-7-15(14)23(27)28)30-19(25)12-22-16-8-4-5-9-17(16)29-11-10-18(22)24/h2-9,13H,10-12H2,1H3,(H,21,26)/t13-/m1/s1. The zero-order chi connectivity index (χ0) is 21.7. The van der Waals surface area contributed by atoms with E-state index >= 15 is 0 Å². The first-order chi connectivity index (χ1) is 14.4. The number of amides is 2. The highest BCUT2D eigenvalue weighted by atomic mass is 16.6. The predicted octanol–water partition coefficient (Wildman–Crippen LogP) is 2.28. The largest absolute Gasteiger partial charge is 0.491 e. The number of esters is 1. The normalized spacial score (nSPS) is 14.0. The van der Waals surface area contributed by atoms with Crippen molar-refractivity contribution in [3.05, 3.63) is 58.6 Å². The number of carbonyl (C=O) groups is 3. The Kier molecular flexibility index (Phi) is 6.26. The summed E-state index contributed by atoms with van der Waals surface area (Å²) >= 11 is 0. The van der Waals surface area contributed by atoms with E-state index in [-0.39, 0.29) is 30.3 Å². The Bertz CT molecular complexity index is 992. The third-order valence-electron chi connectivity index (χ3n) is 4.35. The van der Waals surface area contributed by atoms with Gasteiger partial charge in [0.05, 0.1) is 23.6 Å². The van der Waals surface area contributed by atoms with Crippen LogP contribution >= 0.6 is 0 Å². The molecule has 2 aromatic carbocycles. The van der Waals surface area contributed by atoms with E-state index in [1.54, 1.807) is 24.3 Å². The van der Waals surface area contributed by atoms with Gasteiger partial charge in [-0.1, -0.05) is 24.3 Å². The smallest absolute Gasteiger partial charge is 0.326 e. The van der Waals surface area contributed by atoms with Gasteiger partial charge in [0.15, 0.2) is 6.10 Å². The number of fused-ring (bicyclic) bond motifs is 1. The molecule has 3 rings (SSSR count). The van der Waals surface area contributed by atoms with Gasteiger partial charge in [-0.3, -0.25) is 29.4 Å². The van der Waals surface area contributed by atoms with Gasteiger partial charge in [-0.2, -0.15) is 0 Å². The van der Waals surface area contributed by atoms with Gasteiger partial charge in [-0.05, 0) is 25.1 Å². The number of nitro groups is 1. The quantitative estimate of drug-likeness (QED) is 0.437. The van der Waals surface area contributed by atoms with Crippen molar-refractivity contribution in [3.8, 4) is 5.75 Å². The number of hydrogen-bond acceptors (Lipinski definition) is 7. The Morgan fingerprint density at radius 3 is 2.70 bits per heavy atom. The second-order valence-corrected chi connectivity index (χ2v) is 6.44. The maximum absolute atomic E-state index is 12.4. The SMILES string of the molecule is C[C@@H](OC(=O)CN1C(=O)CCOc2ccccc21)C(=O)Nc1ccccc1[N+](=O)[O-]. The van der Waals surface area contributed by atoms with Crippen LogP contribution in [0.5, 0.6) is 5.75 Å². The Hall–Kier alpha value is -3.95. The van der Waals surface area contributed by atoms with Gasteiger partial charge in [-0.25, -0.2) is 0 Å². The summed E-state index contributed by atoms with van der Waals surface area (Å²) in [6.45, 7) is 1.13. The van der Waals surface area contributed by atoms with Crippen molar-refractivity contribution in [2.24, 2.45) is 0 Å². The Morgan fingerprint density at radius 1 is 1.23 bits per heavy atom. The van der Waals surface area contributed by atoms with E-state index in [1.165, 1.54) is 36.1 Å². The molecular formula is C20H19N3O7. The van der Waals surface area contributed by atoms with Gasteiger partial charge >= 0.3 is 5.97 Å². The number of nitrogens with zero attached hydrogens (tertiary/aromatic N) is 2. The minimum atomic E-state index is -1.23. The summed E-state index contributed by atoms with van der Waals surface area (Å²) in [5.74, 6) is -1.37. The Balaban J connectivity index is 1.65. The van der Waals surface area contributed by atoms with Crippen LogP contribution in [0.4, 0.5) is 17.1 Å². The van der Waals surface area contributed by atoms with E-state index in [2.05, 4.69) is 5.32 Å². The van der Waals surface area contributed by atoms with Crippen LogP contribution in [0.15, 0.2) is 48.5 Å². The molecule has 2 aromatic rings. The van der Waals surface area contributed by atoms with Gasteiger partial charge in [0.2, 0.25) is 5.91 Å². The van der Waals surface area contributed by atoms with Crippen LogP contribution < -0.4 is 15.0 Å². The van der Waals surface area contributed by atoms with Crippen LogP contribution in [0.2, 0.25) is 0 Å². The van der Waals surface area contributed by atoms with Gasteiger partial charge in [0.1, 0.15) is 18.0 Å². The monoisotopic (exact) mass is 413 g/mol. The van der Waals surface area contributed by atoms with E-state index in [0.717, 1.165) is 0 Å². The maximum atomic E-state index is 12.4. The number of carbonyl (C=O) groups excluding carboxylic acids is 3. The molecule has 0 aromatic heterocycles. The molecule has 1 atom stereocenters. The van der Waals surface area contributed by atoms with E-state index in [9.17, 15) is 24.5 Å². The molecule has 0 unspecified atom stereocenters. The summed E-state index contributed by atoms with van der Waals surface area (Å²) in [6.07, 6.45) is -1.14. The lowest BCUT2D eigenvalue weighted by Gasteiger charge is -2.22. The number of hydrogen-bond donors (Lipinski definition) is 1. The number of para-hydroxylation sites is 4. The highest BCUT2D eigenvalue weighted by Gasteiger charge is 2.28. The third kappa shape index (κ3) is 4.72. The van der Waals surface area contributed by atoms with E-state index in [0.29, 0.717) is 11.4 Å². The fourth-order valence-electron chi connectivity index (χ4n) is 2.88. The summed E-state index contributed by atoms with van der Waals surface area (Å²) in [7, 11) is 0. The molecule has 10 heteroatoms. The molecule has 1 aliphatic heterocycles. The lowest BCUT2D eigenvalue weighted by atomic mass is 10.2. The van der Waals surface area contributed by atoms with Gasteiger partial charge < -0.3 is 14.8 Å². The van der Waals surface area contributed by atoms with Crippen LogP contribution in [0.1, 0.15) is 13.3 Å². The molecule has 1 aliphatic rings. The molecule has 0 saturated carbocycles. The van der Waals surface area contributed by atoms with Crippen LogP contribution in [0, 0.1) is 10.1 Å². The molecule has 1 N–H and O–H groups in total. The van der Waals surface area contributed by atoms with Crippen LogP contribution in [-0.2, 0) is 19.1 Å².